The molecule has 2 unspecified atom stereocenters. The summed E-state index contributed by atoms with van der Waals surface area (Å²) >= 11 is 0. The predicted octanol–water partition coefficient (Wildman–Crippen LogP) is 2.52. The molecule has 2 atom stereocenters. The Morgan fingerprint density at radius 2 is 1.88 bits per heavy atom. The van der Waals surface area contributed by atoms with E-state index < -0.39 is 17.4 Å². The highest BCUT2D eigenvalue weighted by molar-refractivity contribution is 5.87. The summed E-state index contributed by atoms with van der Waals surface area (Å²) < 4.78 is 5.60. The molecule has 0 aromatic heterocycles. The zero-order chi connectivity index (χ0) is 18.3. The molecule has 0 heterocycles. The summed E-state index contributed by atoms with van der Waals surface area (Å²) in [5.41, 5.74) is -0.359. The Hall–Kier alpha value is -2.37. The van der Waals surface area contributed by atoms with Crippen LogP contribution in [0.3, 0.4) is 0 Å². The van der Waals surface area contributed by atoms with E-state index >= 15 is 0 Å². The molecule has 1 aromatic rings. The molecule has 6 nitrogen and oxygen atoms in total. The molecule has 0 saturated carbocycles. The van der Waals surface area contributed by atoms with Gasteiger partial charge in [-0.25, -0.2) is 4.79 Å². The van der Waals surface area contributed by atoms with Crippen molar-refractivity contribution in [2.75, 3.05) is 6.61 Å². The van der Waals surface area contributed by atoms with Crippen LogP contribution in [-0.2, 0) is 9.59 Å². The van der Waals surface area contributed by atoms with Crippen molar-refractivity contribution in [3.63, 3.8) is 0 Å². The van der Waals surface area contributed by atoms with Gasteiger partial charge in [-0.3, -0.25) is 9.59 Å². The first-order valence-corrected chi connectivity index (χ1v) is 7.93. The number of carbonyl (C=O) groups is 3. The van der Waals surface area contributed by atoms with E-state index in [0.717, 1.165) is 6.29 Å². The molecule has 132 valence electrons. The normalized spacial score (nSPS) is 13.7. The van der Waals surface area contributed by atoms with E-state index in [1.54, 1.807) is 45.0 Å². The highest BCUT2D eigenvalue weighted by atomic mass is 16.5. The smallest absolute Gasteiger partial charge is 0.326 e. The van der Waals surface area contributed by atoms with Gasteiger partial charge in [-0.15, -0.1) is 0 Å². The molecule has 0 aliphatic carbocycles. The average molecular weight is 335 g/mol. The maximum Gasteiger partial charge on any atom is 0.326 e. The number of carboxylic acid groups (broad SMARTS) is 1. The predicted molar refractivity (Wildman–Crippen MR) is 90.1 cm³/mol. The van der Waals surface area contributed by atoms with Gasteiger partial charge in [0.25, 0.3) is 0 Å². The summed E-state index contributed by atoms with van der Waals surface area (Å²) in [5.74, 6) is -1.05. The minimum atomic E-state index is -1.04. The van der Waals surface area contributed by atoms with Gasteiger partial charge in [-0.05, 0) is 44.0 Å². The molecule has 0 saturated heterocycles. The summed E-state index contributed by atoms with van der Waals surface area (Å²) in [5, 5.41) is 11.9. The fourth-order valence-electron chi connectivity index (χ4n) is 1.99. The Labute approximate surface area is 142 Å². The fourth-order valence-corrected chi connectivity index (χ4v) is 1.99. The van der Waals surface area contributed by atoms with Crippen molar-refractivity contribution in [1.29, 1.82) is 0 Å². The summed E-state index contributed by atoms with van der Waals surface area (Å²) in [7, 11) is 0. The van der Waals surface area contributed by atoms with E-state index in [-0.39, 0.29) is 18.4 Å². The lowest BCUT2D eigenvalue weighted by Crippen LogP contribution is -2.51. The van der Waals surface area contributed by atoms with E-state index in [4.69, 9.17) is 4.74 Å². The molecule has 1 aromatic carbocycles. The molecular formula is C18H25NO5. The van der Waals surface area contributed by atoms with Gasteiger partial charge in [0.1, 0.15) is 24.7 Å². The second-order valence-corrected chi connectivity index (χ2v) is 6.53. The topological polar surface area (TPSA) is 92.7 Å². The maximum absolute atomic E-state index is 12.4. The largest absolute Gasteiger partial charge is 0.492 e. The van der Waals surface area contributed by atoms with Crippen molar-refractivity contribution in [3.05, 3.63) is 29.8 Å². The Bertz CT molecular complexity index is 580. The molecule has 0 spiro atoms. The third-order valence-electron chi connectivity index (χ3n) is 4.00. The van der Waals surface area contributed by atoms with Crippen molar-refractivity contribution in [2.24, 2.45) is 11.3 Å². The Morgan fingerprint density at radius 1 is 1.29 bits per heavy atom. The number of benzene rings is 1. The van der Waals surface area contributed by atoms with Crippen molar-refractivity contribution in [2.45, 2.75) is 40.2 Å². The number of amides is 1. The van der Waals surface area contributed by atoms with Crippen LogP contribution in [0.5, 0.6) is 5.75 Å². The van der Waals surface area contributed by atoms with Gasteiger partial charge in [0.15, 0.2) is 0 Å². The minimum Gasteiger partial charge on any atom is -0.492 e. The molecule has 2 N–H and O–H groups in total. The Kier molecular flexibility index (Phi) is 6.95. The Balaban J connectivity index is 2.69. The van der Waals surface area contributed by atoms with Gasteiger partial charge < -0.3 is 15.2 Å². The lowest BCUT2D eigenvalue weighted by atomic mass is 9.91. The van der Waals surface area contributed by atoms with Crippen LogP contribution >= 0.6 is 0 Å². The molecule has 0 aliphatic heterocycles. The molecule has 1 rings (SSSR count). The SMILES string of the molecule is CCC(C)C(NC(=O)C(C)(C)COc1ccc(C=O)cc1)C(=O)O. The van der Waals surface area contributed by atoms with E-state index in [2.05, 4.69) is 5.32 Å². The first-order chi connectivity index (χ1) is 11.2. The molecule has 1 amide bonds. The number of hydrogen-bond acceptors (Lipinski definition) is 4. The number of rotatable bonds is 9. The van der Waals surface area contributed by atoms with E-state index in [1.807, 2.05) is 6.92 Å². The van der Waals surface area contributed by atoms with Crippen LogP contribution in [0.1, 0.15) is 44.5 Å². The van der Waals surface area contributed by atoms with Crippen LogP contribution in [0.15, 0.2) is 24.3 Å². The summed E-state index contributed by atoms with van der Waals surface area (Å²) in [6.07, 6.45) is 1.39. The van der Waals surface area contributed by atoms with Gasteiger partial charge in [-0.2, -0.15) is 0 Å². The number of aliphatic carboxylic acids is 1. The Morgan fingerprint density at radius 3 is 2.33 bits per heavy atom. The lowest BCUT2D eigenvalue weighted by molar-refractivity contribution is -0.145. The van der Waals surface area contributed by atoms with Crippen LogP contribution in [0.4, 0.5) is 0 Å². The molecule has 24 heavy (non-hydrogen) atoms. The first kappa shape index (κ1) is 19.7. The van der Waals surface area contributed by atoms with Gasteiger partial charge in [-0.1, -0.05) is 20.3 Å². The zero-order valence-electron chi connectivity index (χ0n) is 14.5. The van der Waals surface area contributed by atoms with Gasteiger partial charge in [0.05, 0.1) is 5.41 Å². The average Bonchev–Trinajstić information content (AvgIpc) is 2.57. The summed E-state index contributed by atoms with van der Waals surface area (Å²) in [6, 6.07) is 5.62. The van der Waals surface area contributed by atoms with Gasteiger partial charge in [0.2, 0.25) is 5.91 Å². The number of carboxylic acids is 1. The van der Waals surface area contributed by atoms with Crippen LogP contribution in [0.2, 0.25) is 0 Å². The van der Waals surface area contributed by atoms with Gasteiger partial charge >= 0.3 is 5.97 Å². The highest BCUT2D eigenvalue weighted by Crippen LogP contribution is 2.20. The standard InChI is InChI=1S/C18H25NO5/c1-5-12(2)15(16(21)22)19-17(23)18(3,4)11-24-14-8-6-13(10-20)7-9-14/h6-10,12,15H,5,11H2,1-4H3,(H,19,23)(H,21,22). The number of hydrogen-bond donors (Lipinski definition) is 2. The van der Waals surface area contributed by atoms with Crippen molar-refractivity contribution in [1.82, 2.24) is 5.32 Å². The van der Waals surface area contributed by atoms with Crippen LogP contribution in [0, 0.1) is 11.3 Å². The fraction of sp³-hybridized carbons (Fsp3) is 0.500. The number of aldehydes is 1. The summed E-state index contributed by atoms with van der Waals surface area (Å²) in [4.78, 5) is 34.4. The number of carbonyl (C=O) groups excluding carboxylic acids is 2. The minimum absolute atomic E-state index is 0.0894. The first-order valence-electron chi connectivity index (χ1n) is 7.93. The highest BCUT2D eigenvalue weighted by Gasteiger charge is 2.34. The van der Waals surface area contributed by atoms with Crippen molar-refractivity contribution < 1.29 is 24.2 Å². The quantitative estimate of drug-likeness (QED) is 0.677. The second kappa shape index (κ2) is 8.47. The molecule has 0 bridgehead atoms. The van der Waals surface area contributed by atoms with E-state index in [9.17, 15) is 19.5 Å². The third-order valence-corrected chi connectivity index (χ3v) is 4.00. The zero-order valence-corrected chi connectivity index (χ0v) is 14.5. The molecule has 6 heteroatoms. The second-order valence-electron chi connectivity index (χ2n) is 6.53. The molecule has 0 fully saturated rings. The third kappa shape index (κ3) is 5.37. The number of nitrogens with one attached hydrogen (secondary N) is 1. The van der Waals surface area contributed by atoms with E-state index in [1.165, 1.54) is 0 Å². The van der Waals surface area contributed by atoms with Crippen LogP contribution in [-0.4, -0.2) is 35.9 Å². The number of ether oxygens (including phenoxy) is 1. The van der Waals surface area contributed by atoms with Crippen molar-refractivity contribution >= 4 is 18.2 Å². The van der Waals surface area contributed by atoms with Gasteiger partial charge in [0, 0.05) is 5.56 Å². The molecular weight excluding hydrogens is 310 g/mol. The monoisotopic (exact) mass is 335 g/mol. The van der Waals surface area contributed by atoms with Crippen LogP contribution < -0.4 is 10.1 Å². The maximum atomic E-state index is 12.4. The van der Waals surface area contributed by atoms with Crippen molar-refractivity contribution in [3.8, 4) is 5.75 Å². The van der Waals surface area contributed by atoms with Crippen LogP contribution in [0.25, 0.3) is 0 Å². The molecule has 0 aliphatic rings. The summed E-state index contributed by atoms with van der Waals surface area (Å²) in [6.45, 7) is 7.14. The molecule has 0 radical (unpaired) electrons. The van der Waals surface area contributed by atoms with E-state index in [0.29, 0.717) is 17.7 Å². The lowest BCUT2D eigenvalue weighted by Gasteiger charge is -2.28.